The fourth-order valence-corrected chi connectivity index (χ4v) is 2.30. The molecule has 0 amide bonds. The number of hydrogen-bond acceptors (Lipinski definition) is 3. The maximum atomic E-state index is 9.77. The molecule has 0 aliphatic heterocycles. The second-order valence-corrected chi connectivity index (χ2v) is 5.37. The zero-order valence-electron chi connectivity index (χ0n) is 11.5. The van der Waals surface area contributed by atoms with Gasteiger partial charge in [-0.25, -0.2) is 0 Å². The molecule has 0 saturated carbocycles. The molecular formula is C16H17BrO3. The average molecular weight is 337 g/mol. The van der Waals surface area contributed by atoms with Gasteiger partial charge < -0.3 is 14.6 Å². The largest absolute Gasteiger partial charge is 0.496 e. The van der Waals surface area contributed by atoms with Crippen LogP contribution in [0, 0.1) is 0 Å². The lowest BCUT2D eigenvalue weighted by atomic mass is 10.1. The lowest BCUT2D eigenvalue weighted by molar-refractivity contribution is 0.190. The van der Waals surface area contributed by atoms with Crippen LogP contribution in [-0.4, -0.2) is 12.2 Å². The summed E-state index contributed by atoms with van der Waals surface area (Å²) in [5, 5.41) is 9.77. The Hall–Kier alpha value is -1.52. The van der Waals surface area contributed by atoms with Gasteiger partial charge in [-0.15, -0.1) is 0 Å². The van der Waals surface area contributed by atoms with Crippen molar-refractivity contribution in [3.63, 3.8) is 0 Å². The van der Waals surface area contributed by atoms with E-state index in [1.165, 1.54) is 0 Å². The number of methoxy groups -OCH3 is 1. The molecule has 4 heteroatoms. The number of hydrogen-bond donors (Lipinski definition) is 1. The predicted octanol–water partition coefficient (Wildman–Crippen LogP) is 4.09. The highest BCUT2D eigenvalue weighted by molar-refractivity contribution is 9.10. The van der Waals surface area contributed by atoms with Crippen LogP contribution in [0.4, 0.5) is 0 Å². The Balaban J connectivity index is 2.20. The lowest BCUT2D eigenvalue weighted by Gasteiger charge is -2.15. The Kier molecular flexibility index (Phi) is 5.04. The first-order chi connectivity index (χ1) is 9.61. The third-order valence-corrected chi connectivity index (χ3v) is 3.49. The molecule has 0 bridgehead atoms. The Morgan fingerprint density at radius 1 is 1.15 bits per heavy atom. The molecule has 106 valence electrons. The van der Waals surface area contributed by atoms with E-state index < -0.39 is 6.10 Å². The molecule has 0 unspecified atom stereocenters. The summed E-state index contributed by atoms with van der Waals surface area (Å²) in [6.07, 6.45) is -0.573. The van der Waals surface area contributed by atoms with Crippen LogP contribution in [0.2, 0.25) is 0 Å². The summed E-state index contributed by atoms with van der Waals surface area (Å²) in [6, 6.07) is 13.3. The van der Waals surface area contributed by atoms with E-state index in [1.807, 2.05) is 42.5 Å². The van der Waals surface area contributed by atoms with Crippen LogP contribution in [0.1, 0.15) is 24.2 Å². The molecule has 3 nitrogen and oxygen atoms in total. The van der Waals surface area contributed by atoms with Crippen molar-refractivity contribution in [1.29, 1.82) is 0 Å². The SMILES string of the molecule is COc1ccccc1COc1cc(Br)ccc1[C@@H](C)O. The summed E-state index contributed by atoms with van der Waals surface area (Å²) in [5.41, 5.74) is 1.73. The van der Waals surface area contributed by atoms with Gasteiger partial charge in [0.05, 0.1) is 13.2 Å². The number of para-hydroxylation sites is 1. The number of ether oxygens (including phenoxy) is 2. The summed E-state index contributed by atoms with van der Waals surface area (Å²) in [6.45, 7) is 2.11. The number of benzene rings is 2. The Labute approximate surface area is 127 Å². The van der Waals surface area contributed by atoms with Gasteiger partial charge in [0, 0.05) is 15.6 Å². The first kappa shape index (κ1) is 14.9. The maximum Gasteiger partial charge on any atom is 0.126 e. The Morgan fingerprint density at radius 3 is 2.60 bits per heavy atom. The quantitative estimate of drug-likeness (QED) is 0.893. The number of aliphatic hydroxyl groups excluding tert-OH is 1. The van der Waals surface area contributed by atoms with Gasteiger partial charge in [0.25, 0.3) is 0 Å². The number of rotatable bonds is 5. The minimum Gasteiger partial charge on any atom is -0.496 e. The van der Waals surface area contributed by atoms with Gasteiger partial charge in [0.1, 0.15) is 18.1 Å². The molecule has 0 radical (unpaired) electrons. The molecule has 0 spiro atoms. The fourth-order valence-electron chi connectivity index (χ4n) is 1.96. The van der Waals surface area contributed by atoms with Gasteiger partial charge >= 0.3 is 0 Å². The fraction of sp³-hybridized carbons (Fsp3) is 0.250. The summed E-state index contributed by atoms with van der Waals surface area (Å²) in [5.74, 6) is 1.46. The van der Waals surface area contributed by atoms with Crippen molar-refractivity contribution in [2.75, 3.05) is 7.11 Å². The van der Waals surface area contributed by atoms with Crippen molar-refractivity contribution in [2.45, 2.75) is 19.6 Å². The van der Waals surface area contributed by atoms with Crippen LogP contribution in [0.5, 0.6) is 11.5 Å². The molecular weight excluding hydrogens is 320 g/mol. The van der Waals surface area contributed by atoms with Crippen molar-refractivity contribution in [2.24, 2.45) is 0 Å². The Morgan fingerprint density at radius 2 is 1.90 bits per heavy atom. The summed E-state index contributed by atoms with van der Waals surface area (Å²) < 4.78 is 12.0. The smallest absolute Gasteiger partial charge is 0.126 e. The van der Waals surface area contributed by atoms with Gasteiger partial charge in [-0.2, -0.15) is 0 Å². The van der Waals surface area contributed by atoms with Crippen molar-refractivity contribution in [3.8, 4) is 11.5 Å². The van der Waals surface area contributed by atoms with Crippen LogP contribution >= 0.6 is 15.9 Å². The van der Waals surface area contributed by atoms with E-state index in [2.05, 4.69) is 15.9 Å². The highest BCUT2D eigenvalue weighted by Crippen LogP contribution is 2.30. The highest BCUT2D eigenvalue weighted by Gasteiger charge is 2.11. The van der Waals surface area contributed by atoms with Crippen molar-refractivity contribution < 1.29 is 14.6 Å². The Bertz CT molecular complexity index is 582. The van der Waals surface area contributed by atoms with Gasteiger partial charge in [0.15, 0.2) is 0 Å². The van der Waals surface area contributed by atoms with E-state index in [1.54, 1.807) is 14.0 Å². The number of halogens is 1. The lowest BCUT2D eigenvalue weighted by Crippen LogP contribution is -2.02. The van der Waals surface area contributed by atoms with E-state index in [0.717, 1.165) is 21.3 Å². The van der Waals surface area contributed by atoms with Crippen molar-refractivity contribution in [3.05, 3.63) is 58.1 Å². The first-order valence-corrected chi connectivity index (χ1v) is 7.13. The molecule has 20 heavy (non-hydrogen) atoms. The average Bonchev–Trinajstić information content (AvgIpc) is 2.45. The van der Waals surface area contributed by atoms with E-state index in [0.29, 0.717) is 12.4 Å². The minimum atomic E-state index is -0.573. The second kappa shape index (κ2) is 6.77. The molecule has 2 rings (SSSR count). The molecule has 1 N–H and O–H groups in total. The summed E-state index contributed by atoms with van der Waals surface area (Å²) in [4.78, 5) is 0. The van der Waals surface area contributed by atoms with Crippen molar-refractivity contribution in [1.82, 2.24) is 0 Å². The second-order valence-electron chi connectivity index (χ2n) is 4.46. The summed E-state index contributed by atoms with van der Waals surface area (Å²) in [7, 11) is 1.64. The van der Waals surface area contributed by atoms with Gasteiger partial charge in [0.2, 0.25) is 0 Å². The van der Waals surface area contributed by atoms with Crippen LogP contribution in [0.25, 0.3) is 0 Å². The van der Waals surface area contributed by atoms with Gasteiger partial charge in [-0.1, -0.05) is 40.2 Å². The number of aliphatic hydroxyl groups is 1. The van der Waals surface area contributed by atoms with E-state index >= 15 is 0 Å². The molecule has 2 aromatic rings. The highest BCUT2D eigenvalue weighted by atomic mass is 79.9. The molecule has 0 fully saturated rings. The van der Waals surface area contributed by atoms with Crippen LogP contribution in [0.3, 0.4) is 0 Å². The third-order valence-electron chi connectivity index (χ3n) is 3.00. The molecule has 1 atom stereocenters. The van der Waals surface area contributed by atoms with Crippen LogP contribution in [0.15, 0.2) is 46.9 Å². The van der Waals surface area contributed by atoms with Gasteiger partial charge in [-0.05, 0) is 25.1 Å². The molecule has 0 saturated heterocycles. The molecule has 0 aliphatic carbocycles. The minimum absolute atomic E-state index is 0.389. The maximum absolute atomic E-state index is 9.77. The standard InChI is InChI=1S/C16H17BrO3/c1-11(18)14-8-7-13(17)9-16(14)20-10-12-5-3-4-6-15(12)19-2/h3-9,11,18H,10H2,1-2H3/t11-/m1/s1. The molecule has 0 heterocycles. The zero-order valence-corrected chi connectivity index (χ0v) is 13.1. The summed E-state index contributed by atoms with van der Waals surface area (Å²) >= 11 is 3.41. The van der Waals surface area contributed by atoms with Gasteiger partial charge in [-0.3, -0.25) is 0 Å². The van der Waals surface area contributed by atoms with Crippen molar-refractivity contribution >= 4 is 15.9 Å². The van der Waals surface area contributed by atoms with Crippen LogP contribution in [-0.2, 0) is 6.61 Å². The van der Waals surface area contributed by atoms with E-state index in [4.69, 9.17) is 9.47 Å². The normalized spacial score (nSPS) is 12.0. The van der Waals surface area contributed by atoms with Crippen LogP contribution < -0.4 is 9.47 Å². The molecule has 2 aromatic carbocycles. The third kappa shape index (κ3) is 3.52. The topological polar surface area (TPSA) is 38.7 Å². The van der Waals surface area contributed by atoms with E-state index in [-0.39, 0.29) is 0 Å². The monoisotopic (exact) mass is 336 g/mol. The zero-order chi connectivity index (χ0) is 14.5. The predicted molar refractivity (Wildman–Crippen MR) is 82.1 cm³/mol. The van der Waals surface area contributed by atoms with E-state index in [9.17, 15) is 5.11 Å². The first-order valence-electron chi connectivity index (χ1n) is 6.34. The molecule has 0 aromatic heterocycles. The molecule has 0 aliphatic rings.